The summed E-state index contributed by atoms with van der Waals surface area (Å²) in [6, 6.07) is 0. The lowest BCUT2D eigenvalue weighted by Gasteiger charge is -2.19. The molecule has 2 aromatic heterocycles. The van der Waals surface area contributed by atoms with Crippen LogP contribution in [0.3, 0.4) is 0 Å². The first kappa shape index (κ1) is 36.4. The van der Waals surface area contributed by atoms with Crippen LogP contribution < -0.4 is 11.3 Å². The first-order chi connectivity index (χ1) is 20.4. The number of unbranched alkanes of at least 4 members (excludes halogenated alkanes) is 15. The van der Waals surface area contributed by atoms with Crippen molar-refractivity contribution in [3.05, 3.63) is 16.7 Å². The van der Waals surface area contributed by atoms with E-state index in [-0.39, 0.29) is 36.9 Å². The minimum absolute atomic E-state index is 0.0298. The van der Waals surface area contributed by atoms with Crippen LogP contribution in [0.2, 0.25) is 0 Å². The van der Waals surface area contributed by atoms with Crippen LogP contribution in [0.25, 0.3) is 11.2 Å². The topological polar surface area (TPSA) is 175 Å². The fourth-order valence-electron chi connectivity index (χ4n) is 4.82. The van der Waals surface area contributed by atoms with Gasteiger partial charge in [0.2, 0.25) is 5.95 Å². The van der Waals surface area contributed by atoms with Gasteiger partial charge in [0, 0.05) is 6.61 Å². The number of H-pyrrole nitrogens is 1. The molecule has 0 bridgehead atoms. The molecular formula is C29H54N5O7P. The van der Waals surface area contributed by atoms with Gasteiger partial charge in [-0.1, -0.05) is 103 Å². The molecule has 0 fully saturated rings. The van der Waals surface area contributed by atoms with E-state index in [2.05, 4.69) is 21.9 Å². The van der Waals surface area contributed by atoms with Gasteiger partial charge in [0.15, 0.2) is 11.2 Å². The number of hydrogen-bond donors (Lipinski definition) is 4. The van der Waals surface area contributed by atoms with Crippen LogP contribution in [0, 0.1) is 0 Å². The number of rotatable bonds is 27. The smallest absolute Gasteiger partial charge is 0.353 e. The minimum Gasteiger partial charge on any atom is -0.394 e. The van der Waals surface area contributed by atoms with Crippen molar-refractivity contribution in [2.75, 3.05) is 38.5 Å². The van der Waals surface area contributed by atoms with Crippen molar-refractivity contribution in [1.82, 2.24) is 19.5 Å². The highest BCUT2D eigenvalue weighted by molar-refractivity contribution is 7.52. The van der Waals surface area contributed by atoms with Crippen molar-refractivity contribution in [2.45, 2.75) is 122 Å². The largest absolute Gasteiger partial charge is 0.394 e. The zero-order valence-electron chi connectivity index (χ0n) is 25.5. The standard InChI is InChI=1S/C29H54N5O7P/c1-2-3-4-5-6-7-8-9-10-11-12-13-14-15-16-17-18-39-19-20-41-42(37,38)24-40-25(22-35)21-34-23-31-26-27(34)32-29(30)33-28(26)36/h23,25,35H,2-22,24H2,1H3,(H,37,38)(H3,30,32,33,36)/t25-/m0/s1. The molecule has 0 aliphatic rings. The van der Waals surface area contributed by atoms with E-state index >= 15 is 0 Å². The summed E-state index contributed by atoms with van der Waals surface area (Å²) in [6.07, 6.45) is 21.0. The van der Waals surface area contributed by atoms with Gasteiger partial charge >= 0.3 is 7.60 Å². The van der Waals surface area contributed by atoms with E-state index in [0.717, 1.165) is 12.8 Å². The number of aromatic amines is 1. The van der Waals surface area contributed by atoms with Crippen molar-refractivity contribution >= 4 is 24.7 Å². The minimum atomic E-state index is -4.04. The quantitative estimate of drug-likeness (QED) is 0.0740. The summed E-state index contributed by atoms with van der Waals surface area (Å²) in [6.45, 7) is 2.67. The lowest BCUT2D eigenvalue weighted by molar-refractivity contribution is 0.0160. The molecule has 1 unspecified atom stereocenters. The number of ether oxygens (including phenoxy) is 2. The van der Waals surface area contributed by atoms with Gasteiger partial charge in [0.05, 0.1) is 38.8 Å². The summed E-state index contributed by atoms with van der Waals surface area (Å²) in [5.41, 5.74) is 5.43. The number of aliphatic hydroxyl groups excluding tert-OH is 1. The van der Waals surface area contributed by atoms with Crippen molar-refractivity contribution in [3.8, 4) is 0 Å². The molecule has 13 heteroatoms. The number of aromatic nitrogens is 4. The highest BCUT2D eigenvalue weighted by Gasteiger charge is 2.23. The van der Waals surface area contributed by atoms with E-state index < -0.39 is 32.2 Å². The Morgan fingerprint density at radius 1 is 0.929 bits per heavy atom. The molecule has 5 N–H and O–H groups in total. The summed E-state index contributed by atoms with van der Waals surface area (Å²) in [4.78, 5) is 32.4. The number of nitrogens with two attached hydrogens (primary N) is 1. The molecule has 242 valence electrons. The average Bonchev–Trinajstić information content (AvgIpc) is 3.36. The molecule has 0 aliphatic heterocycles. The Balaban J connectivity index is 1.43. The predicted octanol–water partition coefficient (Wildman–Crippen LogP) is 5.52. The number of imidazole rings is 1. The maximum absolute atomic E-state index is 12.3. The van der Waals surface area contributed by atoms with Crippen LogP contribution in [-0.2, 0) is 25.1 Å². The van der Waals surface area contributed by atoms with Gasteiger partial charge in [-0.15, -0.1) is 0 Å². The summed E-state index contributed by atoms with van der Waals surface area (Å²) < 4.78 is 29.8. The number of fused-ring (bicyclic) bond motifs is 1. The summed E-state index contributed by atoms with van der Waals surface area (Å²) in [5.74, 6) is -0.0685. The Morgan fingerprint density at radius 2 is 1.50 bits per heavy atom. The van der Waals surface area contributed by atoms with Gasteiger partial charge in [0.1, 0.15) is 6.35 Å². The molecule has 2 aromatic rings. The van der Waals surface area contributed by atoms with Crippen molar-refractivity contribution in [3.63, 3.8) is 0 Å². The number of hydrogen-bond acceptors (Lipinski definition) is 9. The third-order valence-corrected chi connectivity index (χ3v) is 8.29. The van der Waals surface area contributed by atoms with E-state index in [0.29, 0.717) is 6.61 Å². The van der Waals surface area contributed by atoms with Gasteiger partial charge in [-0.2, -0.15) is 4.98 Å². The zero-order chi connectivity index (χ0) is 30.5. The molecule has 0 aromatic carbocycles. The zero-order valence-corrected chi connectivity index (χ0v) is 26.4. The van der Waals surface area contributed by atoms with E-state index in [4.69, 9.17) is 19.7 Å². The average molecular weight is 616 g/mol. The molecule has 0 saturated carbocycles. The van der Waals surface area contributed by atoms with E-state index in [1.807, 2.05) is 0 Å². The van der Waals surface area contributed by atoms with Gasteiger partial charge in [-0.3, -0.25) is 14.3 Å². The normalized spacial score (nSPS) is 14.0. The molecule has 0 aliphatic carbocycles. The molecule has 2 heterocycles. The van der Waals surface area contributed by atoms with Crippen LogP contribution in [-0.4, -0.2) is 68.4 Å². The van der Waals surface area contributed by atoms with Crippen molar-refractivity contribution < 1.29 is 28.6 Å². The van der Waals surface area contributed by atoms with Crippen LogP contribution in [0.15, 0.2) is 11.1 Å². The lowest BCUT2D eigenvalue weighted by atomic mass is 10.0. The highest BCUT2D eigenvalue weighted by atomic mass is 31.2. The molecule has 12 nitrogen and oxygen atoms in total. The van der Waals surface area contributed by atoms with Crippen molar-refractivity contribution in [1.29, 1.82) is 0 Å². The second kappa shape index (κ2) is 21.8. The molecule has 42 heavy (non-hydrogen) atoms. The first-order valence-corrected chi connectivity index (χ1v) is 17.6. The Kier molecular flexibility index (Phi) is 18.9. The van der Waals surface area contributed by atoms with Crippen LogP contribution in [0.5, 0.6) is 0 Å². The molecule has 0 spiro atoms. The monoisotopic (exact) mass is 615 g/mol. The van der Waals surface area contributed by atoms with Gasteiger partial charge in [0.25, 0.3) is 5.56 Å². The maximum Gasteiger partial charge on any atom is 0.353 e. The van der Waals surface area contributed by atoms with Gasteiger partial charge < -0.3 is 34.3 Å². The molecule has 0 radical (unpaired) electrons. The predicted molar refractivity (Wildman–Crippen MR) is 166 cm³/mol. The number of aliphatic hydroxyl groups is 1. The van der Waals surface area contributed by atoms with Crippen LogP contribution >= 0.6 is 7.60 Å². The molecular weight excluding hydrogens is 561 g/mol. The summed E-state index contributed by atoms with van der Waals surface area (Å²) >= 11 is 0. The number of anilines is 1. The third-order valence-electron chi connectivity index (χ3n) is 7.23. The Hall–Kier alpha value is -1.82. The second-order valence-electron chi connectivity index (χ2n) is 11.0. The highest BCUT2D eigenvalue weighted by Crippen LogP contribution is 2.41. The second-order valence-corrected chi connectivity index (χ2v) is 12.8. The van der Waals surface area contributed by atoms with E-state index in [1.54, 1.807) is 0 Å². The Bertz CT molecular complexity index is 1080. The van der Waals surface area contributed by atoms with Crippen molar-refractivity contribution in [2.24, 2.45) is 0 Å². The fraction of sp³-hybridized carbons (Fsp3) is 0.828. The van der Waals surface area contributed by atoms with Gasteiger partial charge in [-0.25, -0.2) is 4.98 Å². The first-order valence-electron chi connectivity index (χ1n) is 15.8. The summed E-state index contributed by atoms with van der Waals surface area (Å²) in [5, 5.41) is 9.65. The van der Waals surface area contributed by atoms with Crippen LogP contribution in [0.4, 0.5) is 5.95 Å². The van der Waals surface area contributed by atoms with E-state index in [9.17, 15) is 19.4 Å². The molecule has 0 saturated heterocycles. The molecule has 0 amide bonds. The SMILES string of the molecule is CCCCCCCCCCCCCCCCCCOCCOP(=O)(O)CO[C@H](CO)Cn1cnc2c(=O)[nH]c(N)nc21. The van der Waals surface area contributed by atoms with Gasteiger partial charge in [-0.05, 0) is 6.42 Å². The van der Waals surface area contributed by atoms with E-state index in [1.165, 1.54) is 101 Å². The maximum atomic E-state index is 12.3. The fourth-order valence-corrected chi connectivity index (χ4v) is 5.65. The number of nitrogens with zero attached hydrogens (tertiary/aromatic N) is 3. The Morgan fingerprint density at radius 3 is 2.07 bits per heavy atom. The summed E-state index contributed by atoms with van der Waals surface area (Å²) in [7, 11) is -4.04. The van der Waals surface area contributed by atoms with Crippen LogP contribution in [0.1, 0.15) is 110 Å². The third kappa shape index (κ3) is 15.6. The molecule has 2 rings (SSSR count). The molecule has 2 atom stereocenters. The number of nitrogens with one attached hydrogen (secondary N) is 1. The Labute approximate surface area is 250 Å². The number of nitrogen functional groups attached to an aromatic ring is 1. The lowest BCUT2D eigenvalue weighted by Crippen LogP contribution is -2.25.